The first-order valence-corrected chi connectivity index (χ1v) is 4.07. The molecular formula is C9H8N4. The van der Waals surface area contributed by atoms with E-state index in [0.29, 0.717) is 12.8 Å². The summed E-state index contributed by atoms with van der Waals surface area (Å²) < 4.78 is 1.71. The average Bonchev–Trinajstić information content (AvgIpc) is 2.57. The van der Waals surface area contributed by atoms with Gasteiger partial charge in [0.1, 0.15) is 0 Å². The molecule has 0 spiro atoms. The lowest BCUT2D eigenvalue weighted by Crippen LogP contribution is -1.88. The van der Waals surface area contributed by atoms with E-state index in [1.165, 1.54) is 0 Å². The van der Waals surface area contributed by atoms with Gasteiger partial charge in [0.2, 0.25) is 0 Å². The van der Waals surface area contributed by atoms with Crippen molar-refractivity contribution in [3.63, 3.8) is 0 Å². The van der Waals surface area contributed by atoms with Crippen molar-refractivity contribution < 1.29 is 0 Å². The van der Waals surface area contributed by atoms with Crippen LogP contribution in [0.4, 0.5) is 0 Å². The van der Waals surface area contributed by atoms with Gasteiger partial charge >= 0.3 is 0 Å². The Hall–Kier alpha value is -1.89. The fourth-order valence-electron chi connectivity index (χ4n) is 1.15. The topological polar surface area (TPSA) is 54.0 Å². The van der Waals surface area contributed by atoms with Crippen molar-refractivity contribution in [3.8, 4) is 6.07 Å². The van der Waals surface area contributed by atoms with Gasteiger partial charge in [0.25, 0.3) is 0 Å². The summed E-state index contributed by atoms with van der Waals surface area (Å²) in [6, 6.07) is 7.78. The van der Waals surface area contributed by atoms with Gasteiger partial charge in [0.05, 0.1) is 6.07 Å². The highest BCUT2D eigenvalue weighted by Crippen LogP contribution is 2.01. The van der Waals surface area contributed by atoms with Crippen LogP contribution >= 0.6 is 0 Å². The Bertz CT molecular complexity index is 419. The van der Waals surface area contributed by atoms with Crippen LogP contribution in [0.25, 0.3) is 5.65 Å². The first-order chi connectivity index (χ1) is 6.40. The Labute approximate surface area is 75.4 Å². The van der Waals surface area contributed by atoms with Crippen LogP contribution in [0.3, 0.4) is 0 Å². The lowest BCUT2D eigenvalue weighted by molar-refractivity contribution is 0.854. The minimum absolute atomic E-state index is 0.469. The van der Waals surface area contributed by atoms with Crippen LogP contribution in [0.5, 0.6) is 0 Å². The first kappa shape index (κ1) is 7.74. The Morgan fingerprint density at radius 3 is 3.15 bits per heavy atom. The number of hydrogen-bond donors (Lipinski definition) is 0. The molecule has 0 aliphatic heterocycles. The van der Waals surface area contributed by atoms with E-state index in [-0.39, 0.29) is 0 Å². The summed E-state index contributed by atoms with van der Waals surface area (Å²) in [5.41, 5.74) is 0.829. The fraction of sp³-hybridized carbons (Fsp3) is 0.222. The lowest BCUT2D eigenvalue weighted by atomic mass is 10.3. The van der Waals surface area contributed by atoms with Crippen LogP contribution in [0.2, 0.25) is 0 Å². The molecule has 0 N–H and O–H groups in total. The summed E-state index contributed by atoms with van der Waals surface area (Å²) in [5, 5.41) is 12.6. The van der Waals surface area contributed by atoms with E-state index in [2.05, 4.69) is 16.2 Å². The van der Waals surface area contributed by atoms with Crippen LogP contribution in [-0.4, -0.2) is 14.6 Å². The van der Waals surface area contributed by atoms with Gasteiger partial charge in [-0.25, -0.2) is 9.50 Å². The maximum absolute atomic E-state index is 8.39. The summed E-state index contributed by atoms with van der Waals surface area (Å²) in [4.78, 5) is 4.25. The highest BCUT2D eigenvalue weighted by molar-refractivity contribution is 5.36. The van der Waals surface area contributed by atoms with Crippen molar-refractivity contribution in [2.75, 3.05) is 0 Å². The van der Waals surface area contributed by atoms with E-state index in [1.807, 2.05) is 24.4 Å². The van der Waals surface area contributed by atoms with Crippen LogP contribution in [0, 0.1) is 11.3 Å². The molecule has 4 nitrogen and oxygen atoms in total. The monoisotopic (exact) mass is 172 g/mol. The molecule has 64 valence electrons. The molecule has 0 fully saturated rings. The molecule has 0 aliphatic carbocycles. The second-order valence-corrected chi connectivity index (χ2v) is 2.69. The van der Waals surface area contributed by atoms with Crippen LogP contribution in [0.15, 0.2) is 24.4 Å². The van der Waals surface area contributed by atoms with Gasteiger partial charge in [-0.3, -0.25) is 0 Å². The summed E-state index contributed by atoms with van der Waals surface area (Å²) in [6.45, 7) is 0. The molecule has 0 amide bonds. The standard InChI is InChI=1S/C9H8N4/c10-6-3-4-8-11-9-5-1-2-7-13(9)12-8/h1-2,5,7H,3-4H2. The smallest absolute Gasteiger partial charge is 0.155 e. The first-order valence-electron chi connectivity index (χ1n) is 4.07. The van der Waals surface area contributed by atoms with Crippen LogP contribution in [0.1, 0.15) is 12.2 Å². The highest BCUT2D eigenvalue weighted by Gasteiger charge is 2.00. The number of hydrogen-bond acceptors (Lipinski definition) is 3. The maximum Gasteiger partial charge on any atom is 0.155 e. The van der Waals surface area contributed by atoms with Gasteiger partial charge in [-0.05, 0) is 12.1 Å². The number of aryl methyl sites for hydroxylation is 1. The Morgan fingerprint density at radius 2 is 2.38 bits per heavy atom. The average molecular weight is 172 g/mol. The number of fused-ring (bicyclic) bond motifs is 1. The quantitative estimate of drug-likeness (QED) is 0.683. The number of rotatable bonds is 2. The van der Waals surface area contributed by atoms with Crippen molar-refractivity contribution in [2.24, 2.45) is 0 Å². The number of aromatic nitrogens is 3. The molecule has 0 bridgehead atoms. The second-order valence-electron chi connectivity index (χ2n) is 2.69. The molecule has 0 aliphatic rings. The predicted molar refractivity (Wildman–Crippen MR) is 46.9 cm³/mol. The molecule has 0 saturated carbocycles. The largest absolute Gasteiger partial charge is 0.221 e. The van der Waals surface area contributed by atoms with Crippen LogP contribution < -0.4 is 0 Å². The molecule has 0 saturated heterocycles. The zero-order valence-electron chi connectivity index (χ0n) is 7.01. The Morgan fingerprint density at radius 1 is 1.46 bits per heavy atom. The molecule has 0 atom stereocenters. The number of nitriles is 1. The molecule has 2 rings (SSSR count). The summed E-state index contributed by atoms with van der Waals surface area (Å²) >= 11 is 0. The molecule has 0 unspecified atom stereocenters. The van der Waals surface area contributed by atoms with Crippen molar-refractivity contribution in [1.82, 2.24) is 14.6 Å². The van der Waals surface area contributed by atoms with E-state index in [4.69, 9.17) is 5.26 Å². The van der Waals surface area contributed by atoms with Gasteiger partial charge in [-0.1, -0.05) is 6.07 Å². The third kappa shape index (κ3) is 1.49. The van der Waals surface area contributed by atoms with E-state index in [0.717, 1.165) is 11.5 Å². The van der Waals surface area contributed by atoms with Crippen molar-refractivity contribution in [2.45, 2.75) is 12.8 Å². The Kier molecular flexibility index (Phi) is 1.93. The SMILES string of the molecule is N#CCCc1nc2ccccn2n1. The third-order valence-corrected chi connectivity index (χ3v) is 1.75. The van der Waals surface area contributed by atoms with Crippen molar-refractivity contribution in [3.05, 3.63) is 30.2 Å². The highest BCUT2D eigenvalue weighted by atomic mass is 15.3. The van der Waals surface area contributed by atoms with Gasteiger partial charge in [0, 0.05) is 19.0 Å². The van der Waals surface area contributed by atoms with E-state index < -0.39 is 0 Å². The molecule has 2 aromatic heterocycles. The van der Waals surface area contributed by atoms with Crippen molar-refractivity contribution in [1.29, 1.82) is 5.26 Å². The summed E-state index contributed by atoms with van der Waals surface area (Å²) in [5.74, 6) is 0.729. The molecule has 0 aromatic carbocycles. The van der Waals surface area contributed by atoms with Gasteiger partial charge in [-0.2, -0.15) is 10.4 Å². The molecular weight excluding hydrogens is 164 g/mol. The molecule has 4 heteroatoms. The molecule has 2 heterocycles. The lowest BCUT2D eigenvalue weighted by Gasteiger charge is -1.85. The van der Waals surface area contributed by atoms with E-state index >= 15 is 0 Å². The minimum atomic E-state index is 0.469. The van der Waals surface area contributed by atoms with E-state index in [9.17, 15) is 0 Å². The normalized spacial score (nSPS) is 10.1. The Balaban J connectivity index is 2.34. The summed E-state index contributed by atoms with van der Waals surface area (Å²) in [7, 11) is 0. The molecule has 0 radical (unpaired) electrons. The maximum atomic E-state index is 8.39. The number of nitrogens with zero attached hydrogens (tertiary/aromatic N) is 4. The second kappa shape index (κ2) is 3.23. The number of pyridine rings is 1. The van der Waals surface area contributed by atoms with Gasteiger partial charge in [0.15, 0.2) is 11.5 Å². The van der Waals surface area contributed by atoms with Gasteiger partial charge in [-0.15, -0.1) is 0 Å². The molecule has 13 heavy (non-hydrogen) atoms. The zero-order chi connectivity index (χ0) is 9.10. The fourth-order valence-corrected chi connectivity index (χ4v) is 1.15. The molecule has 2 aromatic rings. The predicted octanol–water partition coefficient (Wildman–Crippen LogP) is 1.19. The zero-order valence-corrected chi connectivity index (χ0v) is 7.01. The summed E-state index contributed by atoms with van der Waals surface area (Å²) in [6.07, 6.45) is 2.94. The third-order valence-electron chi connectivity index (χ3n) is 1.75. The van der Waals surface area contributed by atoms with Crippen molar-refractivity contribution >= 4 is 5.65 Å². The minimum Gasteiger partial charge on any atom is -0.221 e. The van der Waals surface area contributed by atoms with Gasteiger partial charge < -0.3 is 0 Å². The van der Waals surface area contributed by atoms with E-state index in [1.54, 1.807) is 4.52 Å². The van der Waals surface area contributed by atoms with Crippen LogP contribution in [-0.2, 0) is 6.42 Å².